The molecule has 1 unspecified atom stereocenters. The number of hydrogen-bond donors (Lipinski definition) is 2. The number of rotatable bonds is 5. The summed E-state index contributed by atoms with van der Waals surface area (Å²) < 4.78 is 0. The average molecular weight is 291 g/mol. The maximum Gasteiger partial charge on any atom is 0.251 e. The molecule has 0 aliphatic heterocycles. The third-order valence-corrected chi connectivity index (χ3v) is 3.73. The lowest BCUT2D eigenvalue weighted by Gasteiger charge is -2.10. The van der Waals surface area contributed by atoms with E-state index in [9.17, 15) is 4.79 Å². The average Bonchev–Trinajstić information content (AvgIpc) is 2.44. The molecule has 108 valence electrons. The van der Waals surface area contributed by atoms with Gasteiger partial charge in [0.05, 0.1) is 6.61 Å². The highest BCUT2D eigenvalue weighted by molar-refractivity contribution is 7.99. The number of hydrogen-bond acceptors (Lipinski definition) is 3. The molecule has 1 amide bonds. The van der Waals surface area contributed by atoms with E-state index >= 15 is 0 Å². The lowest BCUT2D eigenvalue weighted by Crippen LogP contribution is -2.29. The second-order valence-corrected chi connectivity index (χ2v) is 5.90. The SMILES string of the molecule is CSC(C)CNC(=O)c1cc(C)cc(C#CCCO)c1. The van der Waals surface area contributed by atoms with Gasteiger partial charge in [0.1, 0.15) is 0 Å². The molecule has 0 heterocycles. The molecule has 1 atom stereocenters. The van der Waals surface area contributed by atoms with E-state index in [0.29, 0.717) is 23.8 Å². The van der Waals surface area contributed by atoms with Crippen molar-refractivity contribution >= 4 is 17.7 Å². The normalized spacial score (nSPS) is 11.4. The molecule has 3 nitrogen and oxygen atoms in total. The van der Waals surface area contributed by atoms with Gasteiger partial charge in [0, 0.05) is 29.3 Å². The van der Waals surface area contributed by atoms with Gasteiger partial charge in [0.25, 0.3) is 5.91 Å². The predicted molar refractivity (Wildman–Crippen MR) is 85.1 cm³/mol. The third-order valence-electron chi connectivity index (χ3n) is 2.76. The van der Waals surface area contributed by atoms with Gasteiger partial charge in [-0.2, -0.15) is 11.8 Å². The van der Waals surface area contributed by atoms with Crippen molar-refractivity contribution in [2.45, 2.75) is 25.5 Å². The number of thioether (sulfide) groups is 1. The number of nitrogens with one attached hydrogen (secondary N) is 1. The van der Waals surface area contributed by atoms with E-state index in [-0.39, 0.29) is 12.5 Å². The Kier molecular flexibility index (Phi) is 7.21. The molecule has 20 heavy (non-hydrogen) atoms. The van der Waals surface area contributed by atoms with Crippen LogP contribution in [0.1, 0.15) is 34.8 Å². The van der Waals surface area contributed by atoms with Gasteiger partial charge in [0.15, 0.2) is 0 Å². The lowest BCUT2D eigenvalue weighted by molar-refractivity contribution is 0.0954. The number of amides is 1. The van der Waals surface area contributed by atoms with Crippen LogP contribution in [0.4, 0.5) is 0 Å². The molecule has 2 N–H and O–H groups in total. The first-order chi connectivity index (χ1) is 9.56. The fourth-order valence-corrected chi connectivity index (χ4v) is 1.88. The fraction of sp³-hybridized carbons (Fsp3) is 0.438. The van der Waals surface area contributed by atoms with E-state index in [2.05, 4.69) is 24.1 Å². The largest absolute Gasteiger partial charge is 0.395 e. The van der Waals surface area contributed by atoms with Crippen LogP contribution in [0.3, 0.4) is 0 Å². The highest BCUT2D eigenvalue weighted by atomic mass is 32.2. The molecule has 1 aromatic rings. The number of aliphatic hydroxyl groups is 1. The minimum atomic E-state index is -0.0696. The third kappa shape index (κ3) is 5.68. The van der Waals surface area contributed by atoms with Gasteiger partial charge in [-0.05, 0) is 36.9 Å². The zero-order valence-corrected chi connectivity index (χ0v) is 13.0. The van der Waals surface area contributed by atoms with E-state index in [0.717, 1.165) is 11.1 Å². The second-order valence-electron chi connectivity index (χ2n) is 4.62. The van der Waals surface area contributed by atoms with E-state index in [1.165, 1.54) is 0 Å². The molecule has 0 fully saturated rings. The Hall–Kier alpha value is -1.44. The van der Waals surface area contributed by atoms with Crippen molar-refractivity contribution in [3.05, 3.63) is 34.9 Å². The van der Waals surface area contributed by atoms with Gasteiger partial charge in [-0.1, -0.05) is 18.8 Å². The summed E-state index contributed by atoms with van der Waals surface area (Å²) >= 11 is 1.72. The van der Waals surface area contributed by atoms with Crippen molar-refractivity contribution in [3.8, 4) is 11.8 Å². The summed E-state index contributed by atoms with van der Waals surface area (Å²) in [5.41, 5.74) is 2.44. The molecule has 0 aliphatic rings. The Balaban J connectivity index is 2.80. The standard InChI is InChI=1S/C16H21NO2S/c1-12-8-14(6-4-5-7-18)10-15(9-12)16(19)17-11-13(2)20-3/h8-10,13,18H,5,7,11H2,1-3H3,(H,17,19). The quantitative estimate of drug-likeness (QED) is 0.818. The number of carbonyl (C=O) groups is 1. The van der Waals surface area contributed by atoms with E-state index < -0.39 is 0 Å². The molecule has 0 aliphatic carbocycles. The zero-order valence-electron chi connectivity index (χ0n) is 12.2. The zero-order chi connectivity index (χ0) is 15.0. The Morgan fingerprint density at radius 2 is 2.20 bits per heavy atom. The first-order valence-electron chi connectivity index (χ1n) is 6.59. The number of carbonyl (C=O) groups excluding carboxylic acids is 1. The highest BCUT2D eigenvalue weighted by Crippen LogP contribution is 2.10. The maximum atomic E-state index is 12.1. The summed E-state index contributed by atoms with van der Waals surface area (Å²) in [5.74, 6) is 5.76. The van der Waals surface area contributed by atoms with Gasteiger partial charge in [0.2, 0.25) is 0 Å². The molecule has 4 heteroatoms. The van der Waals surface area contributed by atoms with Gasteiger partial charge in [-0.25, -0.2) is 0 Å². The topological polar surface area (TPSA) is 49.3 Å². The molecule has 1 rings (SSSR count). The molecule has 0 aromatic heterocycles. The summed E-state index contributed by atoms with van der Waals surface area (Å²) in [4.78, 5) is 12.1. The molecular formula is C16H21NO2S. The smallest absolute Gasteiger partial charge is 0.251 e. The van der Waals surface area contributed by atoms with Crippen molar-refractivity contribution in [1.82, 2.24) is 5.32 Å². The van der Waals surface area contributed by atoms with E-state index in [1.54, 1.807) is 17.8 Å². The Morgan fingerprint density at radius 1 is 1.45 bits per heavy atom. The van der Waals surface area contributed by atoms with E-state index in [1.807, 2.05) is 25.3 Å². The van der Waals surface area contributed by atoms with Crippen LogP contribution in [-0.2, 0) is 0 Å². The minimum absolute atomic E-state index is 0.0543. The number of aliphatic hydroxyl groups excluding tert-OH is 1. The first-order valence-corrected chi connectivity index (χ1v) is 7.88. The van der Waals surface area contributed by atoms with E-state index in [4.69, 9.17) is 5.11 Å². The molecule has 0 bridgehead atoms. The van der Waals surface area contributed by atoms with Crippen molar-refractivity contribution in [2.24, 2.45) is 0 Å². The van der Waals surface area contributed by atoms with Crippen molar-refractivity contribution < 1.29 is 9.90 Å². The molecule has 1 aromatic carbocycles. The van der Waals surface area contributed by atoms with Crippen LogP contribution in [0.2, 0.25) is 0 Å². The van der Waals surface area contributed by atoms with Crippen molar-refractivity contribution in [1.29, 1.82) is 0 Å². The van der Waals surface area contributed by atoms with Crippen LogP contribution >= 0.6 is 11.8 Å². The summed E-state index contributed by atoms with van der Waals surface area (Å²) in [6.07, 6.45) is 2.47. The highest BCUT2D eigenvalue weighted by Gasteiger charge is 2.08. The Morgan fingerprint density at radius 3 is 2.85 bits per heavy atom. The molecule has 0 radical (unpaired) electrons. The van der Waals surface area contributed by atoms with Crippen LogP contribution in [0.15, 0.2) is 18.2 Å². The second kappa shape index (κ2) is 8.68. The van der Waals surface area contributed by atoms with Crippen LogP contribution in [-0.4, -0.2) is 35.7 Å². The van der Waals surface area contributed by atoms with Crippen molar-refractivity contribution in [3.63, 3.8) is 0 Å². The number of aryl methyl sites for hydroxylation is 1. The van der Waals surface area contributed by atoms with Gasteiger partial charge < -0.3 is 10.4 Å². The van der Waals surface area contributed by atoms with Crippen LogP contribution in [0.25, 0.3) is 0 Å². The van der Waals surface area contributed by atoms with Crippen LogP contribution in [0.5, 0.6) is 0 Å². The van der Waals surface area contributed by atoms with Crippen LogP contribution < -0.4 is 5.32 Å². The molecule has 0 saturated carbocycles. The molecule has 0 spiro atoms. The lowest BCUT2D eigenvalue weighted by atomic mass is 10.1. The van der Waals surface area contributed by atoms with Crippen LogP contribution in [0, 0.1) is 18.8 Å². The summed E-state index contributed by atoms with van der Waals surface area (Å²) in [5, 5.41) is 12.0. The Bertz CT molecular complexity index is 517. The number of benzene rings is 1. The minimum Gasteiger partial charge on any atom is -0.395 e. The fourth-order valence-electron chi connectivity index (χ4n) is 1.63. The maximum absolute atomic E-state index is 12.1. The van der Waals surface area contributed by atoms with Gasteiger partial charge in [-0.15, -0.1) is 0 Å². The Labute approximate surface area is 125 Å². The van der Waals surface area contributed by atoms with Crippen molar-refractivity contribution in [2.75, 3.05) is 19.4 Å². The summed E-state index contributed by atoms with van der Waals surface area (Å²) in [6.45, 7) is 4.73. The molecule has 0 saturated heterocycles. The van der Waals surface area contributed by atoms with Gasteiger partial charge >= 0.3 is 0 Å². The molecular weight excluding hydrogens is 270 g/mol. The monoisotopic (exact) mass is 291 g/mol. The summed E-state index contributed by atoms with van der Waals surface area (Å²) in [6, 6.07) is 5.58. The predicted octanol–water partition coefficient (Wildman–Crippen LogP) is 2.21. The first kappa shape index (κ1) is 16.6. The summed E-state index contributed by atoms with van der Waals surface area (Å²) in [7, 11) is 0. The van der Waals surface area contributed by atoms with Gasteiger partial charge in [-0.3, -0.25) is 4.79 Å².